The number of ether oxygens (including phenoxy) is 1. The maximum absolute atomic E-state index is 12.1. The van der Waals surface area contributed by atoms with Gasteiger partial charge in [0.2, 0.25) is 5.91 Å². The molecule has 0 radical (unpaired) electrons. The normalized spacial score (nSPS) is 19.5. The summed E-state index contributed by atoms with van der Waals surface area (Å²) in [5, 5.41) is 11.8. The largest absolute Gasteiger partial charge is 0.550 e. The molecule has 0 saturated heterocycles. The summed E-state index contributed by atoms with van der Waals surface area (Å²) < 4.78 is 5.40. The Hall–Kier alpha value is -2.28. The van der Waals surface area contributed by atoms with Crippen LogP contribution in [0.1, 0.15) is 36.8 Å². The van der Waals surface area contributed by atoms with Gasteiger partial charge in [-0.1, -0.05) is 24.4 Å². The maximum atomic E-state index is 12.1. The molecule has 2 amide bonds. The Bertz CT molecular complexity index is 684. The minimum atomic E-state index is -1.23. The molecule has 1 fully saturated rings. The lowest BCUT2D eigenvalue weighted by Gasteiger charge is -2.31. The molecule has 26 heavy (non-hydrogen) atoms. The lowest BCUT2D eigenvalue weighted by atomic mass is 9.79. The maximum Gasteiger partial charge on any atom is 0.276 e. The van der Waals surface area contributed by atoms with E-state index in [2.05, 4.69) is 10.9 Å². The van der Waals surface area contributed by atoms with E-state index in [1.54, 1.807) is 12.1 Å². The number of carboxylic acids is 1. The fourth-order valence-electron chi connectivity index (χ4n) is 3.13. The standard InChI is InChI=1S/C18H23ClN2O5/c1-10-7-12(8-11(2)16(10)19)26-9-15(22)20-21-17(23)13-5-3-4-6-14(13)18(24)25/h7-8,13-14H,3-6,9H2,1-2H3,(H,20,22)(H,21,23)(H,24,25)/p-1/t13-,14+/m0/s1. The van der Waals surface area contributed by atoms with Gasteiger partial charge in [-0.05, 0) is 49.9 Å². The van der Waals surface area contributed by atoms with Crippen molar-refractivity contribution in [1.82, 2.24) is 10.9 Å². The van der Waals surface area contributed by atoms with E-state index in [-0.39, 0.29) is 6.61 Å². The van der Waals surface area contributed by atoms with Crippen molar-refractivity contribution in [2.75, 3.05) is 6.61 Å². The lowest BCUT2D eigenvalue weighted by Crippen LogP contribution is -2.50. The Labute approximate surface area is 157 Å². The second-order valence-electron chi connectivity index (χ2n) is 6.51. The van der Waals surface area contributed by atoms with Crippen molar-refractivity contribution >= 4 is 29.4 Å². The van der Waals surface area contributed by atoms with Crippen molar-refractivity contribution in [2.45, 2.75) is 39.5 Å². The molecule has 0 aromatic heterocycles. The van der Waals surface area contributed by atoms with Crippen LogP contribution >= 0.6 is 11.6 Å². The SMILES string of the molecule is Cc1cc(OCC(=O)NNC(=O)[C@H]2CCCC[C@H]2C(=O)[O-])cc(C)c1Cl. The predicted molar refractivity (Wildman–Crippen MR) is 93.2 cm³/mol. The first kappa shape index (κ1) is 20.0. The third kappa shape index (κ3) is 5.11. The number of hydrogen-bond acceptors (Lipinski definition) is 5. The molecule has 8 heteroatoms. The number of carbonyl (C=O) groups excluding carboxylic acids is 3. The van der Waals surface area contributed by atoms with Gasteiger partial charge in [0, 0.05) is 22.8 Å². The Kier molecular flexibility index (Phi) is 6.85. The van der Waals surface area contributed by atoms with Crippen molar-refractivity contribution in [3.05, 3.63) is 28.3 Å². The molecular weight excluding hydrogens is 360 g/mol. The third-order valence-corrected chi connectivity index (χ3v) is 5.11. The van der Waals surface area contributed by atoms with Gasteiger partial charge in [0.15, 0.2) is 6.61 Å². The monoisotopic (exact) mass is 381 g/mol. The van der Waals surface area contributed by atoms with Gasteiger partial charge in [-0.2, -0.15) is 0 Å². The van der Waals surface area contributed by atoms with Crippen LogP contribution in [0.15, 0.2) is 12.1 Å². The first-order valence-corrected chi connectivity index (χ1v) is 8.86. The molecule has 0 unspecified atom stereocenters. The molecule has 2 atom stereocenters. The molecule has 1 aliphatic rings. The van der Waals surface area contributed by atoms with Gasteiger partial charge in [0.1, 0.15) is 5.75 Å². The zero-order chi connectivity index (χ0) is 19.3. The summed E-state index contributed by atoms with van der Waals surface area (Å²) in [6.45, 7) is 3.37. The number of hydrogen-bond donors (Lipinski definition) is 2. The molecule has 1 aliphatic carbocycles. The highest BCUT2D eigenvalue weighted by Crippen LogP contribution is 2.29. The molecule has 1 aromatic rings. The molecule has 0 bridgehead atoms. The second-order valence-corrected chi connectivity index (χ2v) is 6.89. The van der Waals surface area contributed by atoms with Crippen molar-refractivity contribution in [2.24, 2.45) is 11.8 Å². The average Bonchev–Trinajstić information content (AvgIpc) is 2.62. The van der Waals surface area contributed by atoms with Crippen LogP contribution in [0.4, 0.5) is 0 Å². The average molecular weight is 382 g/mol. The second kappa shape index (κ2) is 8.89. The van der Waals surface area contributed by atoms with E-state index in [1.807, 2.05) is 13.8 Å². The van der Waals surface area contributed by atoms with Crippen LogP contribution in [-0.4, -0.2) is 24.4 Å². The van der Waals surface area contributed by atoms with Crippen LogP contribution in [0.3, 0.4) is 0 Å². The summed E-state index contributed by atoms with van der Waals surface area (Å²) in [6, 6.07) is 3.43. The summed E-state index contributed by atoms with van der Waals surface area (Å²) in [7, 11) is 0. The van der Waals surface area contributed by atoms with Crippen LogP contribution < -0.4 is 20.7 Å². The van der Waals surface area contributed by atoms with E-state index in [1.165, 1.54) is 0 Å². The quantitative estimate of drug-likeness (QED) is 0.741. The highest BCUT2D eigenvalue weighted by Gasteiger charge is 2.31. The van der Waals surface area contributed by atoms with E-state index in [4.69, 9.17) is 16.3 Å². The molecule has 7 nitrogen and oxygen atoms in total. The van der Waals surface area contributed by atoms with Crippen molar-refractivity contribution in [3.63, 3.8) is 0 Å². The molecule has 1 saturated carbocycles. The zero-order valence-electron chi connectivity index (χ0n) is 14.8. The number of aliphatic carboxylic acids is 1. The predicted octanol–water partition coefficient (Wildman–Crippen LogP) is 1.04. The van der Waals surface area contributed by atoms with E-state index in [0.717, 1.165) is 24.0 Å². The zero-order valence-corrected chi connectivity index (χ0v) is 15.5. The first-order chi connectivity index (χ1) is 12.3. The van der Waals surface area contributed by atoms with Gasteiger partial charge in [-0.3, -0.25) is 20.4 Å². The number of amides is 2. The molecule has 0 aliphatic heterocycles. The number of halogens is 1. The van der Waals surface area contributed by atoms with Crippen LogP contribution in [0.2, 0.25) is 5.02 Å². The molecule has 2 rings (SSSR count). The van der Waals surface area contributed by atoms with Crippen molar-refractivity contribution in [3.8, 4) is 5.75 Å². The summed E-state index contributed by atoms with van der Waals surface area (Å²) in [4.78, 5) is 35.1. The van der Waals surface area contributed by atoms with Crippen LogP contribution in [0.5, 0.6) is 5.75 Å². The van der Waals surface area contributed by atoms with E-state index in [0.29, 0.717) is 23.6 Å². The molecule has 2 N–H and O–H groups in total. The summed E-state index contributed by atoms with van der Waals surface area (Å²) >= 11 is 6.08. The Morgan fingerprint density at radius 1 is 1.12 bits per heavy atom. The van der Waals surface area contributed by atoms with Crippen molar-refractivity contribution in [1.29, 1.82) is 0 Å². The van der Waals surface area contributed by atoms with Gasteiger partial charge >= 0.3 is 0 Å². The van der Waals surface area contributed by atoms with E-state index >= 15 is 0 Å². The summed E-state index contributed by atoms with van der Waals surface area (Å²) in [5.41, 5.74) is 6.19. The van der Waals surface area contributed by atoms with Crippen LogP contribution in [-0.2, 0) is 14.4 Å². The summed E-state index contributed by atoms with van der Waals surface area (Å²) in [6.07, 6.45) is 2.39. The Balaban J connectivity index is 1.83. The third-order valence-electron chi connectivity index (χ3n) is 4.51. The number of nitrogens with one attached hydrogen (secondary N) is 2. The van der Waals surface area contributed by atoms with Gasteiger partial charge in [0.25, 0.3) is 5.91 Å². The van der Waals surface area contributed by atoms with E-state index < -0.39 is 29.6 Å². The minimum Gasteiger partial charge on any atom is -0.550 e. The highest BCUT2D eigenvalue weighted by molar-refractivity contribution is 6.32. The van der Waals surface area contributed by atoms with Gasteiger partial charge in [-0.15, -0.1) is 0 Å². The fraction of sp³-hybridized carbons (Fsp3) is 0.500. The van der Waals surface area contributed by atoms with Crippen LogP contribution in [0.25, 0.3) is 0 Å². The number of carbonyl (C=O) groups is 3. The number of rotatable bonds is 5. The van der Waals surface area contributed by atoms with Gasteiger partial charge in [-0.25, -0.2) is 0 Å². The highest BCUT2D eigenvalue weighted by atomic mass is 35.5. The Morgan fingerprint density at radius 2 is 1.69 bits per heavy atom. The molecule has 1 aromatic carbocycles. The van der Waals surface area contributed by atoms with Gasteiger partial charge < -0.3 is 14.6 Å². The Morgan fingerprint density at radius 3 is 2.27 bits per heavy atom. The van der Waals surface area contributed by atoms with Crippen molar-refractivity contribution < 1.29 is 24.2 Å². The number of aryl methyl sites for hydroxylation is 2. The summed E-state index contributed by atoms with van der Waals surface area (Å²) in [5.74, 6) is -3.33. The molecule has 142 valence electrons. The smallest absolute Gasteiger partial charge is 0.276 e. The number of hydrazine groups is 1. The molecular formula is C18H22ClN2O5-. The number of carboxylic acid groups (broad SMARTS) is 1. The van der Waals surface area contributed by atoms with Crippen LogP contribution in [0, 0.1) is 25.7 Å². The van der Waals surface area contributed by atoms with E-state index in [9.17, 15) is 19.5 Å². The minimum absolute atomic E-state index is 0.296. The number of benzene rings is 1. The van der Waals surface area contributed by atoms with Gasteiger partial charge in [0.05, 0.1) is 0 Å². The molecule has 0 heterocycles. The topological polar surface area (TPSA) is 108 Å². The first-order valence-electron chi connectivity index (χ1n) is 8.48. The molecule has 0 spiro atoms. The fourth-order valence-corrected chi connectivity index (χ4v) is 3.23. The lowest BCUT2D eigenvalue weighted by molar-refractivity contribution is -0.314.